The van der Waals surface area contributed by atoms with E-state index in [1.807, 2.05) is 12.3 Å². The summed E-state index contributed by atoms with van der Waals surface area (Å²) >= 11 is 7.39. The van der Waals surface area contributed by atoms with Gasteiger partial charge in [-0.05, 0) is 24.3 Å². The van der Waals surface area contributed by atoms with Crippen molar-refractivity contribution in [1.82, 2.24) is 4.90 Å². The van der Waals surface area contributed by atoms with Crippen LogP contribution in [0, 0.1) is 6.92 Å². The van der Waals surface area contributed by atoms with Crippen molar-refractivity contribution in [2.24, 2.45) is 0 Å². The highest BCUT2D eigenvalue weighted by atomic mass is 35.5. The number of nitrogens with zero attached hydrogens (tertiary/aromatic N) is 1. The standard InChI is InChI=1S/C12H16ClNO3S/c1-8-7-18-11(10(8)13)12(16)14(2)6-4-5-9(15)17-3/h7H,4-6H2,1-3H3. The van der Waals surface area contributed by atoms with Gasteiger partial charge in [0.25, 0.3) is 5.91 Å². The Balaban J connectivity index is 2.52. The number of methoxy groups -OCH3 is 1. The van der Waals surface area contributed by atoms with Gasteiger partial charge in [-0.15, -0.1) is 11.3 Å². The highest BCUT2D eigenvalue weighted by Crippen LogP contribution is 2.28. The van der Waals surface area contributed by atoms with Gasteiger partial charge in [0.1, 0.15) is 4.88 Å². The first kappa shape index (κ1) is 15.0. The first-order chi connectivity index (χ1) is 8.47. The number of carbonyl (C=O) groups excluding carboxylic acids is 2. The highest BCUT2D eigenvalue weighted by Gasteiger charge is 2.18. The van der Waals surface area contributed by atoms with Gasteiger partial charge in [0, 0.05) is 20.0 Å². The molecule has 18 heavy (non-hydrogen) atoms. The first-order valence-electron chi connectivity index (χ1n) is 5.53. The zero-order valence-electron chi connectivity index (χ0n) is 10.7. The Kier molecular flexibility index (Phi) is 5.62. The summed E-state index contributed by atoms with van der Waals surface area (Å²) in [7, 11) is 3.05. The maximum atomic E-state index is 12.1. The molecule has 0 fully saturated rings. The lowest BCUT2D eigenvalue weighted by Crippen LogP contribution is -2.27. The Morgan fingerprint density at radius 2 is 2.17 bits per heavy atom. The summed E-state index contributed by atoms with van der Waals surface area (Å²) in [5.41, 5.74) is 0.910. The molecule has 6 heteroatoms. The number of esters is 1. The lowest BCUT2D eigenvalue weighted by Gasteiger charge is -2.16. The summed E-state index contributed by atoms with van der Waals surface area (Å²) in [6.07, 6.45) is 0.891. The Morgan fingerprint density at radius 1 is 1.50 bits per heavy atom. The Morgan fingerprint density at radius 3 is 2.67 bits per heavy atom. The van der Waals surface area contributed by atoms with Gasteiger partial charge < -0.3 is 9.64 Å². The van der Waals surface area contributed by atoms with Gasteiger partial charge in [-0.1, -0.05) is 11.6 Å². The van der Waals surface area contributed by atoms with Crippen LogP contribution in [-0.4, -0.2) is 37.5 Å². The van der Waals surface area contributed by atoms with E-state index in [2.05, 4.69) is 4.74 Å². The van der Waals surface area contributed by atoms with Crippen molar-refractivity contribution >= 4 is 34.8 Å². The summed E-state index contributed by atoms with van der Waals surface area (Å²) in [6, 6.07) is 0. The smallest absolute Gasteiger partial charge is 0.305 e. The molecule has 0 spiro atoms. The second kappa shape index (κ2) is 6.75. The lowest BCUT2D eigenvalue weighted by atomic mass is 10.3. The molecular weight excluding hydrogens is 274 g/mol. The van der Waals surface area contributed by atoms with Crippen LogP contribution >= 0.6 is 22.9 Å². The van der Waals surface area contributed by atoms with E-state index in [0.717, 1.165) is 5.56 Å². The number of thiophene rings is 1. The zero-order valence-corrected chi connectivity index (χ0v) is 12.2. The predicted octanol–water partition coefficient (Wildman–Crippen LogP) is 2.74. The van der Waals surface area contributed by atoms with Gasteiger partial charge in [-0.3, -0.25) is 9.59 Å². The number of amides is 1. The molecule has 0 bridgehead atoms. The third kappa shape index (κ3) is 3.71. The molecule has 0 saturated carbocycles. The van der Waals surface area contributed by atoms with Crippen molar-refractivity contribution in [3.63, 3.8) is 0 Å². The lowest BCUT2D eigenvalue weighted by molar-refractivity contribution is -0.140. The van der Waals surface area contributed by atoms with Gasteiger partial charge in [0.2, 0.25) is 0 Å². The summed E-state index contributed by atoms with van der Waals surface area (Å²) in [5.74, 6) is -0.371. The monoisotopic (exact) mass is 289 g/mol. The molecule has 0 radical (unpaired) electrons. The van der Waals surface area contributed by atoms with Crippen molar-refractivity contribution in [3.05, 3.63) is 20.8 Å². The van der Waals surface area contributed by atoms with Crippen LogP contribution in [0.15, 0.2) is 5.38 Å². The van der Waals surface area contributed by atoms with E-state index in [0.29, 0.717) is 29.3 Å². The normalized spacial score (nSPS) is 10.2. The Labute approximate surface area is 115 Å². The van der Waals surface area contributed by atoms with Crippen LogP contribution in [0.5, 0.6) is 0 Å². The fourth-order valence-electron chi connectivity index (χ4n) is 1.41. The summed E-state index contributed by atoms with van der Waals surface area (Å²) < 4.78 is 4.54. The number of rotatable bonds is 5. The number of aryl methyl sites for hydroxylation is 1. The molecule has 1 heterocycles. The molecule has 0 aliphatic heterocycles. The van der Waals surface area contributed by atoms with E-state index >= 15 is 0 Å². The number of carbonyl (C=O) groups is 2. The van der Waals surface area contributed by atoms with E-state index < -0.39 is 0 Å². The average molecular weight is 290 g/mol. The third-order valence-corrected chi connectivity index (χ3v) is 4.23. The third-order valence-electron chi connectivity index (χ3n) is 2.54. The summed E-state index contributed by atoms with van der Waals surface area (Å²) in [6.45, 7) is 2.37. The minimum Gasteiger partial charge on any atom is -0.469 e. The van der Waals surface area contributed by atoms with Gasteiger partial charge in [-0.25, -0.2) is 0 Å². The summed E-state index contributed by atoms with van der Waals surface area (Å²) in [4.78, 5) is 25.1. The van der Waals surface area contributed by atoms with Gasteiger partial charge >= 0.3 is 5.97 Å². The molecule has 0 atom stereocenters. The molecule has 0 saturated heterocycles. The molecule has 0 aliphatic rings. The molecule has 0 aliphatic carbocycles. The van der Waals surface area contributed by atoms with Crippen LogP contribution in [0.4, 0.5) is 0 Å². The molecule has 1 rings (SSSR count). The molecule has 4 nitrogen and oxygen atoms in total. The fourth-order valence-corrected chi connectivity index (χ4v) is 2.68. The van der Waals surface area contributed by atoms with E-state index in [-0.39, 0.29) is 11.9 Å². The molecule has 0 aromatic carbocycles. The van der Waals surface area contributed by atoms with Crippen LogP contribution in [-0.2, 0) is 9.53 Å². The van der Waals surface area contributed by atoms with E-state index in [4.69, 9.17) is 11.6 Å². The van der Waals surface area contributed by atoms with Crippen LogP contribution in [0.1, 0.15) is 28.1 Å². The Bertz CT molecular complexity index is 445. The number of ether oxygens (including phenoxy) is 1. The van der Waals surface area contributed by atoms with Crippen molar-refractivity contribution in [1.29, 1.82) is 0 Å². The minimum absolute atomic E-state index is 0.108. The van der Waals surface area contributed by atoms with Gasteiger partial charge in [0.05, 0.1) is 12.1 Å². The molecular formula is C12H16ClNO3S. The zero-order chi connectivity index (χ0) is 13.7. The minimum atomic E-state index is -0.263. The second-order valence-corrected chi connectivity index (χ2v) is 5.23. The van der Waals surface area contributed by atoms with Crippen LogP contribution < -0.4 is 0 Å². The number of hydrogen-bond donors (Lipinski definition) is 0. The van der Waals surface area contributed by atoms with E-state index in [1.54, 1.807) is 11.9 Å². The Hall–Kier alpha value is -1.07. The van der Waals surface area contributed by atoms with Crippen molar-refractivity contribution in [3.8, 4) is 0 Å². The van der Waals surface area contributed by atoms with Crippen LogP contribution in [0.2, 0.25) is 5.02 Å². The topological polar surface area (TPSA) is 46.6 Å². The molecule has 1 aromatic rings. The average Bonchev–Trinajstić information content (AvgIpc) is 2.68. The number of halogens is 1. The van der Waals surface area contributed by atoms with Gasteiger partial charge in [-0.2, -0.15) is 0 Å². The van der Waals surface area contributed by atoms with Crippen LogP contribution in [0.25, 0.3) is 0 Å². The first-order valence-corrected chi connectivity index (χ1v) is 6.79. The largest absolute Gasteiger partial charge is 0.469 e. The molecule has 1 amide bonds. The molecule has 1 aromatic heterocycles. The predicted molar refractivity (Wildman–Crippen MR) is 72.3 cm³/mol. The highest BCUT2D eigenvalue weighted by molar-refractivity contribution is 7.13. The molecule has 100 valence electrons. The second-order valence-electron chi connectivity index (χ2n) is 3.97. The quantitative estimate of drug-likeness (QED) is 0.783. The number of hydrogen-bond acceptors (Lipinski definition) is 4. The molecule has 0 N–H and O–H groups in total. The van der Waals surface area contributed by atoms with E-state index in [9.17, 15) is 9.59 Å². The van der Waals surface area contributed by atoms with Crippen molar-refractivity contribution in [2.45, 2.75) is 19.8 Å². The van der Waals surface area contributed by atoms with Crippen molar-refractivity contribution in [2.75, 3.05) is 20.7 Å². The van der Waals surface area contributed by atoms with Crippen LogP contribution in [0.3, 0.4) is 0 Å². The van der Waals surface area contributed by atoms with Gasteiger partial charge in [0.15, 0.2) is 0 Å². The molecule has 0 unspecified atom stereocenters. The maximum Gasteiger partial charge on any atom is 0.305 e. The van der Waals surface area contributed by atoms with E-state index in [1.165, 1.54) is 18.4 Å². The summed E-state index contributed by atoms with van der Waals surface area (Å²) in [5, 5.41) is 2.38. The maximum absolute atomic E-state index is 12.1. The fraction of sp³-hybridized carbons (Fsp3) is 0.500. The van der Waals surface area contributed by atoms with Crippen molar-refractivity contribution < 1.29 is 14.3 Å². The SMILES string of the molecule is COC(=O)CCCN(C)C(=O)c1scc(C)c1Cl.